The average molecular weight is 105 g/mol. The van der Waals surface area contributed by atoms with Crippen LogP contribution in [0.25, 0.3) is 0 Å². The molecule has 0 radical (unpaired) electrons. The van der Waals surface area contributed by atoms with Crippen molar-refractivity contribution in [2.24, 2.45) is 5.50 Å². The quantitative estimate of drug-likeness (QED) is 0.494. The first kappa shape index (κ1) is 6.26. The lowest BCUT2D eigenvalue weighted by molar-refractivity contribution is 1.47. The van der Waals surface area contributed by atoms with Gasteiger partial charge in [-0.1, -0.05) is 20.3 Å². The highest BCUT2D eigenvalue weighted by atomic mass is 31.2. The Kier molecular flexibility index (Phi) is 1.89. The van der Waals surface area contributed by atoms with Gasteiger partial charge in [0.25, 0.3) is 0 Å². The Balaban J connectivity index is 3.48. The molecule has 0 bridgehead atoms. The molecule has 6 heavy (non-hydrogen) atoms. The van der Waals surface area contributed by atoms with E-state index in [2.05, 4.69) is 13.2 Å². The summed E-state index contributed by atoms with van der Waals surface area (Å²) < 4.78 is 0. The van der Waals surface area contributed by atoms with Crippen molar-refractivity contribution in [2.45, 2.75) is 6.92 Å². The Morgan fingerprint density at radius 2 is 2.00 bits per heavy atom. The summed E-state index contributed by atoms with van der Waals surface area (Å²) in [6.45, 7) is 4.09. The van der Waals surface area contributed by atoms with Crippen molar-refractivity contribution >= 4 is 13.3 Å². The molecule has 0 saturated heterocycles. The van der Waals surface area contributed by atoms with E-state index in [0.29, 0.717) is 0 Å². The van der Waals surface area contributed by atoms with Gasteiger partial charge in [0.05, 0.1) is 0 Å². The Labute approximate surface area is 39.6 Å². The molecule has 2 N–H and O–H groups in total. The third kappa shape index (κ3) is 4.26. The molecule has 1 atom stereocenters. The highest BCUT2D eigenvalue weighted by Crippen LogP contribution is 2.27. The molecule has 0 heterocycles. The SMILES string of the molecule is C=P(C)(N)CC. The van der Waals surface area contributed by atoms with Crippen LogP contribution in [-0.2, 0) is 0 Å². The van der Waals surface area contributed by atoms with E-state index in [1.165, 1.54) is 0 Å². The average Bonchev–Trinajstić information content (AvgIpc) is 1.35. The van der Waals surface area contributed by atoms with Crippen molar-refractivity contribution in [1.82, 2.24) is 0 Å². The summed E-state index contributed by atoms with van der Waals surface area (Å²) in [7, 11) is -1.15. The van der Waals surface area contributed by atoms with Crippen LogP contribution >= 0.6 is 7.04 Å². The fraction of sp³-hybridized carbons (Fsp3) is 0.750. The van der Waals surface area contributed by atoms with E-state index >= 15 is 0 Å². The first-order valence-corrected chi connectivity index (χ1v) is 4.72. The molecule has 0 saturated carbocycles. The van der Waals surface area contributed by atoms with Gasteiger partial charge in [-0.2, -0.15) is 0 Å². The maximum Gasteiger partial charge on any atom is -0.0244 e. The molecule has 38 valence electrons. The first-order chi connectivity index (χ1) is 2.56. The third-order valence-corrected chi connectivity index (χ3v) is 2.17. The first-order valence-electron chi connectivity index (χ1n) is 2.04. The lowest BCUT2D eigenvalue weighted by Crippen LogP contribution is -1.93. The number of hydrogen-bond acceptors (Lipinski definition) is 1. The molecule has 0 aliphatic heterocycles. The zero-order chi connectivity index (χ0) is 5.21. The summed E-state index contributed by atoms with van der Waals surface area (Å²) in [5, 5.41) is 0. The van der Waals surface area contributed by atoms with Gasteiger partial charge in [-0.05, 0) is 12.8 Å². The molecule has 0 fully saturated rings. The summed E-state index contributed by atoms with van der Waals surface area (Å²) in [4.78, 5) is 0. The molecule has 0 rings (SSSR count). The van der Waals surface area contributed by atoms with E-state index in [4.69, 9.17) is 5.50 Å². The predicted molar refractivity (Wildman–Crippen MR) is 34.7 cm³/mol. The fourth-order valence-corrected chi connectivity index (χ4v) is 0. The van der Waals surface area contributed by atoms with Crippen molar-refractivity contribution in [3.8, 4) is 0 Å². The molecule has 0 spiro atoms. The number of hydrogen-bond donors (Lipinski definition) is 1. The van der Waals surface area contributed by atoms with Crippen LogP contribution in [0.1, 0.15) is 6.92 Å². The van der Waals surface area contributed by atoms with Crippen LogP contribution in [0.5, 0.6) is 0 Å². The van der Waals surface area contributed by atoms with Crippen LogP contribution in [0.4, 0.5) is 0 Å². The highest BCUT2D eigenvalue weighted by molar-refractivity contribution is 7.70. The number of nitrogens with two attached hydrogens (primary N) is 1. The van der Waals surface area contributed by atoms with Gasteiger partial charge >= 0.3 is 0 Å². The van der Waals surface area contributed by atoms with Crippen molar-refractivity contribution in [2.75, 3.05) is 12.8 Å². The largest absolute Gasteiger partial charge is 0.311 e. The fourth-order valence-electron chi connectivity index (χ4n) is 0. The molecule has 0 amide bonds. The van der Waals surface area contributed by atoms with Gasteiger partial charge in [-0.3, -0.25) is 0 Å². The molecule has 0 aromatic heterocycles. The Hall–Kier alpha value is 0.260. The molecule has 0 aromatic carbocycles. The molecule has 0 aliphatic carbocycles. The monoisotopic (exact) mass is 105 g/mol. The van der Waals surface area contributed by atoms with Gasteiger partial charge in [0, 0.05) is 0 Å². The zero-order valence-corrected chi connectivity index (χ0v) is 5.33. The zero-order valence-electron chi connectivity index (χ0n) is 4.44. The maximum absolute atomic E-state index is 5.53. The van der Waals surface area contributed by atoms with E-state index in [-0.39, 0.29) is 0 Å². The maximum atomic E-state index is 5.53. The van der Waals surface area contributed by atoms with E-state index in [1.54, 1.807) is 0 Å². The van der Waals surface area contributed by atoms with E-state index < -0.39 is 7.04 Å². The predicted octanol–water partition coefficient (Wildman–Crippen LogP) is 0.959. The van der Waals surface area contributed by atoms with E-state index in [0.717, 1.165) is 6.16 Å². The van der Waals surface area contributed by atoms with Gasteiger partial charge in [0.15, 0.2) is 0 Å². The van der Waals surface area contributed by atoms with Crippen molar-refractivity contribution in [3.63, 3.8) is 0 Å². The van der Waals surface area contributed by atoms with Crippen molar-refractivity contribution < 1.29 is 0 Å². The Morgan fingerprint density at radius 1 is 1.83 bits per heavy atom. The molecular formula is C4H12NP. The second kappa shape index (κ2) is 1.81. The summed E-state index contributed by atoms with van der Waals surface area (Å²) in [6, 6.07) is 0. The minimum Gasteiger partial charge on any atom is -0.311 e. The third-order valence-electron chi connectivity index (χ3n) is 0.722. The standard InChI is InChI=1S/C4H12NP/c1-4-6(2,3)5/h2,4-5H2,1,3H3. The minimum absolute atomic E-state index is 1.05. The lowest BCUT2D eigenvalue weighted by atomic mass is 11.0. The number of rotatable bonds is 1. The van der Waals surface area contributed by atoms with Gasteiger partial charge in [0.1, 0.15) is 0 Å². The van der Waals surface area contributed by atoms with Crippen LogP contribution in [0.15, 0.2) is 0 Å². The Morgan fingerprint density at radius 3 is 2.00 bits per heavy atom. The summed E-state index contributed by atoms with van der Waals surface area (Å²) in [5.74, 6) is 0. The summed E-state index contributed by atoms with van der Waals surface area (Å²) in [6.07, 6.45) is 4.83. The second-order valence-corrected chi connectivity index (χ2v) is 5.39. The van der Waals surface area contributed by atoms with Crippen LogP contribution in [0.3, 0.4) is 0 Å². The molecule has 2 heteroatoms. The van der Waals surface area contributed by atoms with Crippen LogP contribution in [0, 0.1) is 0 Å². The normalized spacial score (nSPS) is 19.8. The van der Waals surface area contributed by atoms with Gasteiger partial charge in [0.2, 0.25) is 0 Å². The smallest absolute Gasteiger partial charge is 0.0244 e. The molecule has 0 aromatic rings. The lowest BCUT2D eigenvalue weighted by Gasteiger charge is -2.05. The van der Waals surface area contributed by atoms with Gasteiger partial charge in [-0.15, -0.1) is 0 Å². The second-order valence-electron chi connectivity index (χ2n) is 1.80. The summed E-state index contributed by atoms with van der Waals surface area (Å²) >= 11 is 0. The van der Waals surface area contributed by atoms with Crippen molar-refractivity contribution in [3.05, 3.63) is 0 Å². The van der Waals surface area contributed by atoms with Crippen LogP contribution < -0.4 is 5.50 Å². The van der Waals surface area contributed by atoms with E-state index in [9.17, 15) is 0 Å². The topological polar surface area (TPSA) is 26.0 Å². The molecule has 0 aliphatic rings. The van der Waals surface area contributed by atoms with E-state index in [1.807, 2.05) is 6.66 Å². The molecule has 1 nitrogen and oxygen atoms in total. The Bertz CT molecular complexity index is 71.6. The van der Waals surface area contributed by atoms with Crippen LogP contribution in [-0.4, -0.2) is 19.1 Å². The van der Waals surface area contributed by atoms with Crippen LogP contribution in [0.2, 0.25) is 0 Å². The van der Waals surface area contributed by atoms with Crippen molar-refractivity contribution in [1.29, 1.82) is 0 Å². The van der Waals surface area contributed by atoms with Gasteiger partial charge in [-0.25, -0.2) is 0 Å². The molecule has 1 unspecified atom stereocenters. The summed E-state index contributed by atoms with van der Waals surface area (Å²) in [5.41, 5.74) is 5.53. The van der Waals surface area contributed by atoms with Gasteiger partial charge < -0.3 is 5.50 Å². The minimum atomic E-state index is -1.15. The highest BCUT2D eigenvalue weighted by Gasteiger charge is 1.89. The molecular weight excluding hydrogens is 93.0 g/mol.